The molecule has 0 aromatic heterocycles. The van der Waals surface area contributed by atoms with Gasteiger partial charge in [-0.25, -0.2) is 0 Å². The molecule has 0 amide bonds. The molecule has 0 spiro atoms. The normalized spacial score (nSPS) is 45.3. The van der Waals surface area contributed by atoms with Crippen LogP contribution in [0.15, 0.2) is 36.0 Å². The third-order valence-electron chi connectivity index (χ3n) is 10.5. The lowest BCUT2D eigenvalue weighted by Gasteiger charge is -2.57. The molecule has 1 heteroatoms. The molecule has 0 aliphatic heterocycles. The number of hydrogen-bond acceptors (Lipinski definition) is 1. The van der Waals surface area contributed by atoms with Gasteiger partial charge in [-0.15, -0.1) is 0 Å². The summed E-state index contributed by atoms with van der Waals surface area (Å²) in [6, 6.07) is 0. The van der Waals surface area contributed by atoms with E-state index in [-0.39, 0.29) is 6.10 Å². The fraction of sp³-hybridized carbons (Fsp3) is 0.793. The predicted molar refractivity (Wildman–Crippen MR) is 128 cm³/mol. The summed E-state index contributed by atoms with van der Waals surface area (Å²) in [6.45, 7) is 16.3. The lowest BCUT2D eigenvalue weighted by molar-refractivity contribution is -0.0414. The van der Waals surface area contributed by atoms with Gasteiger partial charge in [0.15, 0.2) is 0 Å². The Morgan fingerprint density at radius 2 is 1.83 bits per heavy atom. The number of aliphatic hydroxyl groups excluding tert-OH is 1. The average Bonchev–Trinajstić information content (AvgIpc) is 3.06. The summed E-state index contributed by atoms with van der Waals surface area (Å²) in [5.74, 6) is 4.27. The highest BCUT2D eigenvalue weighted by Crippen LogP contribution is 2.66. The van der Waals surface area contributed by atoms with E-state index in [4.69, 9.17) is 0 Å². The zero-order valence-corrected chi connectivity index (χ0v) is 20.3. The third-order valence-corrected chi connectivity index (χ3v) is 10.5. The van der Waals surface area contributed by atoms with Gasteiger partial charge in [-0.2, -0.15) is 0 Å². The third kappa shape index (κ3) is 3.58. The van der Waals surface area contributed by atoms with Gasteiger partial charge in [-0.1, -0.05) is 63.6 Å². The molecule has 1 N–H and O–H groups in total. The minimum absolute atomic E-state index is 0.0541. The Labute approximate surface area is 186 Å². The highest BCUT2D eigenvalue weighted by atomic mass is 16.3. The topological polar surface area (TPSA) is 20.2 Å². The fourth-order valence-corrected chi connectivity index (χ4v) is 8.49. The van der Waals surface area contributed by atoms with Crippen LogP contribution in [-0.2, 0) is 0 Å². The van der Waals surface area contributed by atoms with Crippen molar-refractivity contribution in [3.63, 3.8) is 0 Å². The van der Waals surface area contributed by atoms with Gasteiger partial charge in [-0.3, -0.25) is 0 Å². The Balaban J connectivity index is 1.54. The molecule has 30 heavy (non-hydrogen) atoms. The van der Waals surface area contributed by atoms with Crippen LogP contribution in [0.1, 0.15) is 92.4 Å². The van der Waals surface area contributed by atoms with Crippen LogP contribution in [0.2, 0.25) is 0 Å². The molecule has 0 bridgehead atoms. The smallest absolute Gasteiger partial charge is 0.0543 e. The summed E-state index contributed by atoms with van der Waals surface area (Å²) in [5, 5.41) is 10.3. The highest BCUT2D eigenvalue weighted by Gasteiger charge is 2.57. The van der Waals surface area contributed by atoms with Crippen molar-refractivity contribution in [3.8, 4) is 0 Å². The van der Waals surface area contributed by atoms with Crippen molar-refractivity contribution < 1.29 is 5.11 Å². The van der Waals surface area contributed by atoms with Crippen LogP contribution in [0.3, 0.4) is 0 Å². The fourth-order valence-electron chi connectivity index (χ4n) is 8.49. The summed E-state index contributed by atoms with van der Waals surface area (Å²) in [5.41, 5.74) is 4.04. The minimum Gasteiger partial charge on any atom is -0.393 e. The van der Waals surface area contributed by atoms with Gasteiger partial charge < -0.3 is 5.11 Å². The van der Waals surface area contributed by atoms with Crippen LogP contribution < -0.4 is 0 Å². The molecule has 4 rings (SSSR count). The summed E-state index contributed by atoms with van der Waals surface area (Å²) in [7, 11) is 0. The van der Waals surface area contributed by atoms with Crippen LogP contribution >= 0.6 is 0 Å². The van der Waals surface area contributed by atoms with Crippen molar-refractivity contribution in [2.24, 2.45) is 46.3 Å². The first-order valence-corrected chi connectivity index (χ1v) is 12.9. The quantitative estimate of drug-likeness (QED) is 0.460. The molecule has 0 saturated heterocycles. The van der Waals surface area contributed by atoms with Gasteiger partial charge in [-0.05, 0) is 111 Å². The number of allylic oxidation sites excluding steroid dienone is 5. The van der Waals surface area contributed by atoms with E-state index in [1.807, 2.05) is 5.57 Å². The van der Waals surface area contributed by atoms with Crippen molar-refractivity contribution in [2.45, 2.75) is 98.5 Å². The van der Waals surface area contributed by atoms with Crippen molar-refractivity contribution in [3.05, 3.63) is 36.0 Å². The second-order valence-corrected chi connectivity index (χ2v) is 12.0. The molecule has 0 radical (unpaired) electrons. The van der Waals surface area contributed by atoms with Gasteiger partial charge in [0, 0.05) is 0 Å². The molecule has 0 heterocycles. The van der Waals surface area contributed by atoms with Crippen molar-refractivity contribution in [1.29, 1.82) is 0 Å². The van der Waals surface area contributed by atoms with Crippen LogP contribution in [0.5, 0.6) is 0 Å². The highest BCUT2D eigenvalue weighted by molar-refractivity contribution is 5.28. The van der Waals surface area contributed by atoms with Crippen molar-refractivity contribution in [2.75, 3.05) is 0 Å². The van der Waals surface area contributed by atoms with E-state index < -0.39 is 0 Å². The zero-order valence-electron chi connectivity index (χ0n) is 20.3. The molecule has 4 aliphatic carbocycles. The summed E-state index contributed by atoms with van der Waals surface area (Å²) in [6.07, 6.45) is 18.8. The first-order valence-electron chi connectivity index (χ1n) is 12.9. The monoisotopic (exact) mass is 410 g/mol. The van der Waals surface area contributed by atoms with Crippen LogP contribution in [0.4, 0.5) is 0 Å². The molecular weight excluding hydrogens is 364 g/mol. The molecule has 0 aromatic rings. The molecule has 0 aromatic carbocycles. The largest absolute Gasteiger partial charge is 0.393 e. The van der Waals surface area contributed by atoms with E-state index in [0.717, 1.165) is 37.0 Å². The van der Waals surface area contributed by atoms with Gasteiger partial charge >= 0.3 is 0 Å². The standard InChI is InChI=1S/C29H46O/c1-7-21(19(2)3)9-8-20(4)25-12-13-26-24-11-10-22-18-23(30)14-16-28(22,5)27(24)15-17-29(25,26)6/h8-9,11,20-23,25-27,30H,2,7,10,12-18H2,1,3-6H3/b9-8+/t20-,21+,22+,23+,25-,26+,27-,28+,29-/m1/s1. The van der Waals surface area contributed by atoms with Gasteiger partial charge in [0.05, 0.1) is 6.10 Å². The molecule has 1 nitrogen and oxygen atoms in total. The van der Waals surface area contributed by atoms with E-state index in [0.29, 0.717) is 28.6 Å². The maximum absolute atomic E-state index is 10.3. The molecule has 3 fully saturated rings. The Bertz CT molecular complexity index is 716. The molecule has 3 saturated carbocycles. The summed E-state index contributed by atoms with van der Waals surface area (Å²) < 4.78 is 0. The minimum atomic E-state index is -0.0541. The van der Waals surface area contributed by atoms with Crippen LogP contribution in [-0.4, -0.2) is 11.2 Å². The Morgan fingerprint density at radius 1 is 1.13 bits per heavy atom. The molecular formula is C29H46O. The number of fused-ring (bicyclic) bond motifs is 5. The zero-order chi connectivity index (χ0) is 21.7. The number of hydrogen-bond donors (Lipinski definition) is 1. The van der Waals surface area contributed by atoms with E-state index in [1.54, 1.807) is 0 Å². The van der Waals surface area contributed by atoms with E-state index in [2.05, 4.69) is 59.4 Å². The maximum Gasteiger partial charge on any atom is 0.0543 e. The summed E-state index contributed by atoms with van der Waals surface area (Å²) in [4.78, 5) is 0. The van der Waals surface area contributed by atoms with E-state index >= 15 is 0 Å². The van der Waals surface area contributed by atoms with Gasteiger partial charge in [0.2, 0.25) is 0 Å². The molecule has 9 atom stereocenters. The van der Waals surface area contributed by atoms with Gasteiger partial charge in [0.25, 0.3) is 0 Å². The first-order chi connectivity index (χ1) is 14.2. The van der Waals surface area contributed by atoms with Crippen LogP contribution in [0, 0.1) is 46.3 Å². The lowest BCUT2D eigenvalue weighted by atomic mass is 9.47. The first kappa shape index (κ1) is 22.4. The molecule has 168 valence electrons. The summed E-state index contributed by atoms with van der Waals surface area (Å²) >= 11 is 0. The lowest BCUT2D eigenvalue weighted by Crippen LogP contribution is -2.49. The number of aliphatic hydroxyl groups is 1. The van der Waals surface area contributed by atoms with E-state index in [1.165, 1.54) is 44.1 Å². The second kappa shape index (κ2) is 8.27. The van der Waals surface area contributed by atoms with E-state index in [9.17, 15) is 5.11 Å². The predicted octanol–water partition coefficient (Wildman–Crippen LogP) is 7.72. The SMILES string of the molecule is C=C(C)[C@H](/C=C/[C@@H](C)[C@H]1CC[C@H]2C3=CC[C@H]4C[C@@H](O)CC[C@]4(C)[C@@H]3CC[C@]12C)CC. The molecule has 4 aliphatic rings. The second-order valence-electron chi connectivity index (χ2n) is 12.0. The van der Waals surface area contributed by atoms with Crippen LogP contribution in [0.25, 0.3) is 0 Å². The van der Waals surface area contributed by atoms with Crippen molar-refractivity contribution >= 4 is 0 Å². The number of rotatable bonds is 5. The maximum atomic E-state index is 10.3. The molecule has 0 unspecified atom stereocenters. The van der Waals surface area contributed by atoms with Gasteiger partial charge in [0.1, 0.15) is 0 Å². The Hall–Kier alpha value is -0.820. The Kier molecular flexibility index (Phi) is 6.17. The Morgan fingerprint density at radius 3 is 2.53 bits per heavy atom. The average molecular weight is 411 g/mol. The van der Waals surface area contributed by atoms with Crippen molar-refractivity contribution in [1.82, 2.24) is 0 Å².